The van der Waals surface area contributed by atoms with Crippen LogP contribution in [0.3, 0.4) is 0 Å². The van der Waals surface area contributed by atoms with Crippen LogP contribution >= 0.6 is 12.6 Å². The number of carboxylic acid groups (broad SMARTS) is 2. The van der Waals surface area contributed by atoms with Gasteiger partial charge in [-0.3, -0.25) is 19.2 Å². The Bertz CT molecular complexity index is 675. The Hall–Kier alpha value is -2.34. The van der Waals surface area contributed by atoms with Crippen molar-refractivity contribution in [3.63, 3.8) is 0 Å². The van der Waals surface area contributed by atoms with E-state index in [1.165, 1.54) is 4.90 Å². The summed E-state index contributed by atoms with van der Waals surface area (Å²) in [5, 5.41) is 22.9. The summed E-state index contributed by atoms with van der Waals surface area (Å²) in [5.41, 5.74) is 5.65. The van der Waals surface area contributed by atoms with E-state index in [-0.39, 0.29) is 18.2 Å². The van der Waals surface area contributed by atoms with Crippen LogP contribution in [0.15, 0.2) is 0 Å². The molecule has 1 heterocycles. The van der Waals surface area contributed by atoms with Gasteiger partial charge >= 0.3 is 11.9 Å². The number of carbonyl (C=O) groups is 5. The molecule has 5 atom stereocenters. The van der Waals surface area contributed by atoms with Crippen molar-refractivity contribution in [3.8, 4) is 0 Å². The van der Waals surface area contributed by atoms with Gasteiger partial charge in [-0.2, -0.15) is 12.6 Å². The van der Waals surface area contributed by atoms with Crippen molar-refractivity contribution in [2.45, 2.75) is 63.7 Å². The zero-order chi connectivity index (χ0) is 23.0. The van der Waals surface area contributed by atoms with E-state index >= 15 is 0 Å². The third kappa shape index (κ3) is 6.87. The number of hydrogen-bond acceptors (Lipinski definition) is 7. The minimum absolute atomic E-state index is 0.116. The Morgan fingerprint density at radius 1 is 1.20 bits per heavy atom. The highest BCUT2D eigenvalue weighted by Crippen LogP contribution is 2.20. The maximum absolute atomic E-state index is 12.9. The lowest BCUT2D eigenvalue weighted by Gasteiger charge is -2.30. The van der Waals surface area contributed by atoms with Crippen molar-refractivity contribution in [2.24, 2.45) is 11.7 Å². The van der Waals surface area contributed by atoms with Gasteiger partial charge in [-0.1, -0.05) is 20.3 Å². The topological polar surface area (TPSA) is 179 Å². The van der Waals surface area contributed by atoms with Crippen LogP contribution in [0.25, 0.3) is 0 Å². The van der Waals surface area contributed by atoms with E-state index in [0.29, 0.717) is 19.3 Å². The Morgan fingerprint density at radius 2 is 1.83 bits per heavy atom. The number of thiol groups is 1. The fourth-order valence-corrected chi connectivity index (χ4v) is 3.44. The molecule has 0 aliphatic carbocycles. The summed E-state index contributed by atoms with van der Waals surface area (Å²) in [6.07, 6.45) is 0.862. The predicted octanol–water partition coefficient (Wildman–Crippen LogP) is -1.19. The fraction of sp³-hybridized carbons (Fsp3) is 0.722. The molecule has 1 aliphatic rings. The van der Waals surface area contributed by atoms with Crippen LogP contribution in [-0.4, -0.2) is 81.2 Å². The van der Waals surface area contributed by atoms with E-state index in [1.807, 2.05) is 6.92 Å². The van der Waals surface area contributed by atoms with Crippen molar-refractivity contribution in [1.82, 2.24) is 15.5 Å². The second kappa shape index (κ2) is 11.7. The van der Waals surface area contributed by atoms with Gasteiger partial charge in [0.2, 0.25) is 17.7 Å². The van der Waals surface area contributed by atoms with E-state index in [2.05, 4.69) is 23.3 Å². The number of aliphatic carboxylic acids is 2. The van der Waals surface area contributed by atoms with E-state index in [9.17, 15) is 24.0 Å². The van der Waals surface area contributed by atoms with Gasteiger partial charge in [-0.15, -0.1) is 0 Å². The number of nitrogens with zero attached hydrogens (tertiary/aromatic N) is 1. The molecule has 0 radical (unpaired) electrons. The standard InChI is InChI=1S/C18H30N4O7S/c1-3-9(2)14(16(26)20-11(8-30)18(28)29)21-15(25)12-5-4-6-22(12)17(27)10(19)7-13(23)24/h9-12,14,30H,3-8,19H2,1-2H3,(H,20,26)(H,21,25)(H,23,24)(H,28,29). The van der Waals surface area contributed by atoms with Gasteiger partial charge in [0.25, 0.3) is 0 Å². The third-order valence-electron chi connectivity index (χ3n) is 5.14. The molecular formula is C18H30N4O7S. The number of carboxylic acids is 2. The third-order valence-corrected chi connectivity index (χ3v) is 5.51. The minimum atomic E-state index is -1.27. The maximum Gasteiger partial charge on any atom is 0.327 e. The molecule has 0 aromatic heterocycles. The molecule has 0 bridgehead atoms. The van der Waals surface area contributed by atoms with Crippen LogP contribution < -0.4 is 16.4 Å². The second-order valence-electron chi connectivity index (χ2n) is 7.35. The lowest BCUT2D eigenvalue weighted by atomic mass is 9.97. The molecule has 3 amide bonds. The normalized spacial score (nSPS) is 20.0. The summed E-state index contributed by atoms with van der Waals surface area (Å²) in [6.45, 7) is 3.81. The zero-order valence-corrected chi connectivity index (χ0v) is 17.9. The second-order valence-corrected chi connectivity index (χ2v) is 7.71. The molecule has 30 heavy (non-hydrogen) atoms. The minimum Gasteiger partial charge on any atom is -0.481 e. The highest BCUT2D eigenvalue weighted by atomic mass is 32.1. The molecule has 1 fully saturated rings. The lowest BCUT2D eigenvalue weighted by molar-refractivity contribution is -0.144. The van der Waals surface area contributed by atoms with Gasteiger partial charge in [-0.25, -0.2) is 4.79 Å². The summed E-state index contributed by atoms with van der Waals surface area (Å²) in [4.78, 5) is 61.2. The highest BCUT2D eigenvalue weighted by Gasteiger charge is 2.39. The van der Waals surface area contributed by atoms with Gasteiger partial charge < -0.3 is 31.5 Å². The summed E-state index contributed by atoms with van der Waals surface area (Å²) < 4.78 is 0. The van der Waals surface area contributed by atoms with Gasteiger partial charge in [0.05, 0.1) is 12.5 Å². The molecular weight excluding hydrogens is 416 g/mol. The van der Waals surface area contributed by atoms with Crippen LogP contribution in [0.4, 0.5) is 0 Å². The highest BCUT2D eigenvalue weighted by molar-refractivity contribution is 7.80. The van der Waals surface area contributed by atoms with Gasteiger partial charge in [0, 0.05) is 12.3 Å². The molecule has 0 spiro atoms. The number of nitrogens with two attached hydrogens (primary N) is 1. The Labute approximate surface area is 180 Å². The molecule has 170 valence electrons. The fourth-order valence-electron chi connectivity index (χ4n) is 3.19. The first-order valence-electron chi connectivity index (χ1n) is 9.75. The molecule has 1 aliphatic heterocycles. The Morgan fingerprint density at radius 3 is 2.33 bits per heavy atom. The van der Waals surface area contributed by atoms with Crippen molar-refractivity contribution in [1.29, 1.82) is 0 Å². The first-order chi connectivity index (χ1) is 14.0. The Balaban J connectivity index is 2.92. The molecule has 0 aromatic rings. The van der Waals surface area contributed by atoms with E-state index < -0.39 is 60.2 Å². The molecule has 0 saturated carbocycles. The van der Waals surface area contributed by atoms with Gasteiger partial charge in [-0.05, 0) is 18.8 Å². The largest absolute Gasteiger partial charge is 0.481 e. The molecule has 0 aromatic carbocycles. The number of rotatable bonds is 11. The molecule has 1 rings (SSSR count). The zero-order valence-electron chi connectivity index (χ0n) is 17.0. The quantitative estimate of drug-likeness (QED) is 0.214. The number of hydrogen-bond donors (Lipinski definition) is 6. The summed E-state index contributed by atoms with van der Waals surface area (Å²) in [5.74, 6) is -4.74. The number of carbonyl (C=O) groups excluding carboxylic acids is 3. The number of amides is 3. The van der Waals surface area contributed by atoms with Crippen LogP contribution in [0.2, 0.25) is 0 Å². The van der Waals surface area contributed by atoms with Crippen molar-refractivity contribution < 1.29 is 34.2 Å². The van der Waals surface area contributed by atoms with Crippen molar-refractivity contribution >= 4 is 42.3 Å². The molecule has 5 unspecified atom stereocenters. The van der Waals surface area contributed by atoms with E-state index in [0.717, 1.165) is 0 Å². The van der Waals surface area contributed by atoms with Gasteiger partial charge in [0.1, 0.15) is 18.1 Å². The Kier molecular flexibility index (Phi) is 10.1. The molecule has 11 nitrogen and oxygen atoms in total. The average Bonchev–Trinajstić information content (AvgIpc) is 3.17. The predicted molar refractivity (Wildman–Crippen MR) is 110 cm³/mol. The SMILES string of the molecule is CCC(C)C(NC(=O)C1CCCN1C(=O)C(N)CC(=O)O)C(=O)NC(CS)C(=O)O. The summed E-state index contributed by atoms with van der Waals surface area (Å²) in [6, 6.07) is -4.36. The molecule has 1 saturated heterocycles. The van der Waals surface area contributed by atoms with Gasteiger partial charge in [0.15, 0.2) is 0 Å². The first-order valence-corrected chi connectivity index (χ1v) is 10.4. The van der Waals surface area contributed by atoms with Crippen LogP contribution in [-0.2, 0) is 24.0 Å². The monoisotopic (exact) mass is 446 g/mol. The lowest BCUT2D eigenvalue weighted by Crippen LogP contribution is -2.58. The smallest absolute Gasteiger partial charge is 0.327 e. The first kappa shape index (κ1) is 25.7. The summed E-state index contributed by atoms with van der Waals surface area (Å²) in [7, 11) is 0. The molecule has 12 heteroatoms. The van der Waals surface area contributed by atoms with E-state index in [1.54, 1.807) is 6.92 Å². The number of nitrogens with one attached hydrogen (secondary N) is 2. The van der Waals surface area contributed by atoms with E-state index in [4.69, 9.17) is 15.9 Å². The van der Waals surface area contributed by atoms with Crippen molar-refractivity contribution in [2.75, 3.05) is 12.3 Å². The molecule has 6 N–H and O–H groups in total. The average molecular weight is 447 g/mol. The maximum atomic E-state index is 12.9. The van der Waals surface area contributed by atoms with Crippen molar-refractivity contribution in [3.05, 3.63) is 0 Å². The van der Waals surface area contributed by atoms with Crippen LogP contribution in [0.1, 0.15) is 39.5 Å². The van der Waals surface area contributed by atoms with Crippen LogP contribution in [0.5, 0.6) is 0 Å². The number of likely N-dealkylation sites (tertiary alicyclic amines) is 1. The van der Waals surface area contributed by atoms with Crippen LogP contribution in [0, 0.1) is 5.92 Å². The summed E-state index contributed by atoms with van der Waals surface area (Å²) >= 11 is 3.91.